The van der Waals surface area contributed by atoms with E-state index in [2.05, 4.69) is 9.88 Å². The van der Waals surface area contributed by atoms with Crippen molar-refractivity contribution < 1.29 is 0 Å². The van der Waals surface area contributed by atoms with Crippen molar-refractivity contribution in [2.75, 3.05) is 14.1 Å². The molecule has 1 rings (SSSR count). The van der Waals surface area contributed by atoms with E-state index in [1.165, 1.54) is 0 Å². The summed E-state index contributed by atoms with van der Waals surface area (Å²) in [6.45, 7) is 0.836. The molecule has 56 valence electrons. The second kappa shape index (κ2) is 2.98. The molecule has 0 spiro atoms. The molecule has 1 aromatic rings. The van der Waals surface area contributed by atoms with Crippen LogP contribution in [0.4, 0.5) is 0 Å². The molecular weight excluding hydrogens is 146 g/mol. The van der Waals surface area contributed by atoms with Gasteiger partial charge in [0.1, 0.15) is 0 Å². The highest BCUT2D eigenvalue weighted by atomic mass is 32.1. The van der Waals surface area contributed by atoms with Crippen molar-refractivity contribution in [2.24, 2.45) is 0 Å². The van der Waals surface area contributed by atoms with Gasteiger partial charge in [-0.25, -0.2) is 0 Å². The van der Waals surface area contributed by atoms with Crippen LogP contribution in [0.1, 0.15) is 0 Å². The van der Waals surface area contributed by atoms with Gasteiger partial charge in [-0.05, 0) is 26.3 Å². The van der Waals surface area contributed by atoms with Crippen molar-refractivity contribution in [1.82, 2.24) is 14.5 Å². The minimum Gasteiger partial charge on any atom is -0.337 e. The molecule has 0 aliphatic rings. The summed E-state index contributed by atoms with van der Waals surface area (Å²) in [7, 11) is 4.02. The van der Waals surface area contributed by atoms with Gasteiger partial charge in [0.15, 0.2) is 4.77 Å². The lowest BCUT2D eigenvalue weighted by Crippen LogP contribution is -2.16. The number of rotatable bonds is 2. The summed E-state index contributed by atoms with van der Waals surface area (Å²) in [6, 6.07) is 0. The lowest BCUT2D eigenvalue weighted by Gasteiger charge is -2.09. The van der Waals surface area contributed by atoms with Crippen molar-refractivity contribution in [3.8, 4) is 0 Å². The van der Waals surface area contributed by atoms with Gasteiger partial charge in [-0.3, -0.25) is 4.90 Å². The third kappa shape index (κ3) is 1.68. The highest BCUT2D eigenvalue weighted by Crippen LogP contribution is 1.90. The normalized spacial score (nSPS) is 10.7. The molecule has 4 heteroatoms. The Labute approximate surface area is 65.3 Å². The third-order valence-electron chi connectivity index (χ3n) is 1.16. The molecule has 0 atom stereocenters. The summed E-state index contributed by atoms with van der Waals surface area (Å²) in [5, 5.41) is 0. The number of nitrogens with one attached hydrogen (secondary N) is 1. The molecule has 3 nitrogen and oxygen atoms in total. The average molecular weight is 157 g/mol. The SMILES string of the molecule is CN(C)Cn1cc[nH]c1=S. The maximum Gasteiger partial charge on any atom is 0.178 e. The van der Waals surface area contributed by atoms with E-state index in [1.807, 2.05) is 31.1 Å². The van der Waals surface area contributed by atoms with Gasteiger partial charge in [0.05, 0.1) is 6.67 Å². The fraction of sp³-hybridized carbons (Fsp3) is 0.500. The van der Waals surface area contributed by atoms with Gasteiger partial charge in [-0.2, -0.15) is 0 Å². The third-order valence-corrected chi connectivity index (χ3v) is 1.51. The van der Waals surface area contributed by atoms with Crippen LogP contribution in [0.3, 0.4) is 0 Å². The van der Waals surface area contributed by atoms with E-state index >= 15 is 0 Å². The number of aromatic nitrogens is 2. The maximum atomic E-state index is 4.98. The van der Waals surface area contributed by atoms with E-state index in [0.29, 0.717) is 0 Å². The van der Waals surface area contributed by atoms with Gasteiger partial charge in [0.2, 0.25) is 0 Å². The van der Waals surface area contributed by atoms with Crippen molar-refractivity contribution >= 4 is 12.2 Å². The van der Waals surface area contributed by atoms with Crippen LogP contribution >= 0.6 is 12.2 Å². The summed E-state index contributed by atoms with van der Waals surface area (Å²) >= 11 is 4.98. The predicted octanol–water partition coefficient (Wildman–Crippen LogP) is 1.06. The molecule has 0 saturated carbocycles. The lowest BCUT2D eigenvalue weighted by atomic mass is 10.8. The summed E-state index contributed by atoms with van der Waals surface area (Å²) in [6.07, 6.45) is 3.77. The zero-order chi connectivity index (χ0) is 7.56. The molecule has 0 saturated heterocycles. The molecule has 0 bridgehead atoms. The van der Waals surface area contributed by atoms with E-state index in [1.54, 1.807) is 0 Å². The van der Waals surface area contributed by atoms with Gasteiger partial charge >= 0.3 is 0 Å². The van der Waals surface area contributed by atoms with Crippen LogP contribution in [0.15, 0.2) is 12.4 Å². The zero-order valence-corrected chi connectivity index (χ0v) is 6.98. The Kier molecular flexibility index (Phi) is 2.24. The summed E-state index contributed by atoms with van der Waals surface area (Å²) < 4.78 is 2.74. The second-order valence-corrected chi connectivity index (χ2v) is 2.84. The van der Waals surface area contributed by atoms with Crippen molar-refractivity contribution in [1.29, 1.82) is 0 Å². The number of nitrogens with zero attached hydrogens (tertiary/aromatic N) is 2. The molecule has 0 unspecified atom stereocenters. The minimum absolute atomic E-state index is 0.772. The standard InChI is InChI=1S/C6H11N3S/c1-8(2)5-9-4-3-7-6(9)10/h3-4H,5H2,1-2H3,(H,7,10). The molecule has 1 heterocycles. The van der Waals surface area contributed by atoms with Gasteiger partial charge in [0, 0.05) is 12.4 Å². The largest absolute Gasteiger partial charge is 0.337 e. The molecule has 0 radical (unpaired) electrons. The Hall–Kier alpha value is -0.610. The van der Waals surface area contributed by atoms with Crippen LogP contribution in [0.25, 0.3) is 0 Å². The molecule has 0 fully saturated rings. The summed E-state index contributed by atoms with van der Waals surface area (Å²) in [5.41, 5.74) is 0. The van der Waals surface area contributed by atoms with Crippen molar-refractivity contribution in [3.63, 3.8) is 0 Å². The number of hydrogen-bond acceptors (Lipinski definition) is 2. The van der Waals surface area contributed by atoms with E-state index < -0.39 is 0 Å². The van der Waals surface area contributed by atoms with E-state index in [-0.39, 0.29) is 0 Å². The van der Waals surface area contributed by atoms with Gasteiger partial charge in [-0.15, -0.1) is 0 Å². The van der Waals surface area contributed by atoms with Gasteiger partial charge in [0.25, 0.3) is 0 Å². The Morgan fingerprint density at radius 3 is 2.80 bits per heavy atom. The quantitative estimate of drug-likeness (QED) is 0.649. The van der Waals surface area contributed by atoms with Crippen molar-refractivity contribution in [2.45, 2.75) is 6.67 Å². The minimum atomic E-state index is 0.772. The zero-order valence-electron chi connectivity index (χ0n) is 6.16. The fourth-order valence-corrected chi connectivity index (χ4v) is 0.952. The molecular formula is C6H11N3S. The second-order valence-electron chi connectivity index (χ2n) is 2.46. The Morgan fingerprint density at radius 1 is 1.70 bits per heavy atom. The van der Waals surface area contributed by atoms with E-state index in [9.17, 15) is 0 Å². The molecule has 10 heavy (non-hydrogen) atoms. The molecule has 1 aromatic heterocycles. The molecule has 0 aliphatic heterocycles. The van der Waals surface area contributed by atoms with Crippen LogP contribution in [-0.4, -0.2) is 28.5 Å². The number of imidazole rings is 1. The van der Waals surface area contributed by atoms with E-state index in [0.717, 1.165) is 11.4 Å². The Bertz CT molecular complexity index is 247. The predicted molar refractivity (Wildman–Crippen MR) is 43.3 cm³/mol. The molecule has 0 aromatic carbocycles. The summed E-state index contributed by atoms with van der Waals surface area (Å²) in [5.74, 6) is 0. The Morgan fingerprint density at radius 2 is 2.40 bits per heavy atom. The number of H-pyrrole nitrogens is 1. The van der Waals surface area contributed by atoms with Gasteiger partial charge < -0.3 is 9.55 Å². The van der Waals surface area contributed by atoms with Crippen LogP contribution in [-0.2, 0) is 6.67 Å². The number of hydrogen-bond donors (Lipinski definition) is 1. The van der Waals surface area contributed by atoms with Gasteiger partial charge in [-0.1, -0.05) is 0 Å². The molecule has 0 amide bonds. The highest BCUT2D eigenvalue weighted by Gasteiger charge is 1.91. The smallest absolute Gasteiger partial charge is 0.178 e. The molecule has 0 aliphatic carbocycles. The highest BCUT2D eigenvalue weighted by molar-refractivity contribution is 7.71. The first-order valence-electron chi connectivity index (χ1n) is 3.08. The van der Waals surface area contributed by atoms with E-state index in [4.69, 9.17) is 12.2 Å². The average Bonchev–Trinajstić information content (AvgIpc) is 2.15. The van der Waals surface area contributed by atoms with Crippen molar-refractivity contribution in [3.05, 3.63) is 17.2 Å². The first-order chi connectivity index (χ1) is 4.70. The van der Waals surface area contributed by atoms with Crippen LogP contribution in [0.5, 0.6) is 0 Å². The first-order valence-corrected chi connectivity index (χ1v) is 3.49. The fourth-order valence-electron chi connectivity index (χ4n) is 0.765. The summed E-state index contributed by atoms with van der Waals surface area (Å²) in [4.78, 5) is 4.98. The first kappa shape index (κ1) is 7.50. The maximum absolute atomic E-state index is 4.98. The topological polar surface area (TPSA) is 24.0 Å². The van der Waals surface area contributed by atoms with Crippen LogP contribution in [0.2, 0.25) is 0 Å². The number of aromatic amines is 1. The van der Waals surface area contributed by atoms with Crippen LogP contribution in [0, 0.1) is 4.77 Å². The molecule has 1 N–H and O–H groups in total. The van der Waals surface area contributed by atoms with Crippen LogP contribution < -0.4 is 0 Å². The Balaban J connectivity index is 2.75. The monoisotopic (exact) mass is 157 g/mol. The lowest BCUT2D eigenvalue weighted by molar-refractivity contribution is 0.324.